The summed E-state index contributed by atoms with van der Waals surface area (Å²) in [5.41, 5.74) is 1.40. The van der Waals surface area contributed by atoms with Crippen molar-refractivity contribution in [1.82, 2.24) is 0 Å². The van der Waals surface area contributed by atoms with Gasteiger partial charge in [0.1, 0.15) is 28.9 Å². The van der Waals surface area contributed by atoms with Gasteiger partial charge < -0.3 is 18.9 Å². The van der Waals surface area contributed by atoms with Crippen LogP contribution >= 0.6 is 22.6 Å². The molecule has 0 saturated carbocycles. The minimum Gasteiger partial charge on any atom is -0.497 e. The largest absolute Gasteiger partial charge is 0.497 e. The van der Waals surface area contributed by atoms with E-state index in [-0.39, 0.29) is 18.3 Å². The molecule has 0 radical (unpaired) electrons. The maximum absolute atomic E-state index is 12.7. The summed E-state index contributed by atoms with van der Waals surface area (Å²) >= 11 is 2.13. The number of hydrogen-bond acceptors (Lipinski definition) is 5. The molecule has 0 spiro atoms. The van der Waals surface area contributed by atoms with E-state index in [0.29, 0.717) is 22.8 Å². The highest BCUT2D eigenvalue weighted by Gasteiger charge is 2.33. The maximum Gasteiger partial charge on any atom is 0.174 e. The van der Waals surface area contributed by atoms with Crippen molar-refractivity contribution in [2.75, 3.05) is 21.3 Å². The number of carbonyl (C=O) groups excluding carboxylic acids is 1. The van der Waals surface area contributed by atoms with Crippen LogP contribution in [0.1, 0.15) is 28.4 Å². The predicted molar refractivity (Wildman–Crippen MR) is 97.6 cm³/mol. The van der Waals surface area contributed by atoms with Gasteiger partial charge in [-0.15, -0.1) is 0 Å². The molecule has 24 heavy (non-hydrogen) atoms. The van der Waals surface area contributed by atoms with Gasteiger partial charge >= 0.3 is 0 Å². The van der Waals surface area contributed by atoms with Gasteiger partial charge in [-0.05, 0) is 40.3 Å². The van der Waals surface area contributed by atoms with E-state index in [1.807, 2.05) is 24.3 Å². The molecule has 1 aliphatic rings. The molecule has 6 heteroatoms. The van der Waals surface area contributed by atoms with Gasteiger partial charge in [-0.25, -0.2) is 0 Å². The van der Waals surface area contributed by atoms with E-state index in [1.54, 1.807) is 20.3 Å². The van der Waals surface area contributed by atoms with Crippen molar-refractivity contribution in [3.05, 3.63) is 45.0 Å². The molecule has 3 rings (SSSR count). The summed E-state index contributed by atoms with van der Waals surface area (Å²) in [4.78, 5) is 12.7. The first-order valence-electron chi connectivity index (χ1n) is 7.37. The number of ketones is 1. The van der Waals surface area contributed by atoms with Crippen LogP contribution in [0.2, 0.25) is 0 Å². The van der Waals surface area contributed by atoms with Crippen LogP contribution < -0.4 is 18.9 Å². The standard InChI is InChI=1S/C18H17IO5/c1-21-11-6-4-10(5-7-11)13-8-12(20)16-14(22-2)9-15(23-3)17(19)18(16)24-13/h4-7,9,13H,8H2,1-3H3. The molecule has 0 saturated heterocycles. The molecule has 0 aliphatic carbocycles. The minimum atomic E-state index is -0.346. The topological polar surface area (TPSA) is 54.0 Å². The lowest BCUT2D eigenvalue weighted by atomic mass is 9.95. The molecule has 1 heterocycles. The molecule has 2 aromatic rings. The van der Waals surface area contributed by atoms with E-state index in [2.05, 4.69) is 22.6 Å². The van der Waals surface area contributed by atoms with E-state index >= 15 is 0 Å². The van der Waals surface area contributed by atoms with E-state index < -0.39 is 0 Å². The monoisotopic (exact) mass is 440 g/mol. The molecule has 0 amide bonds. The average Bonchev–Trinajstić information content (AvgIpc) is 2.62. The van der Waals surface area contributed by atoms with Crippen molar-refractivity contribution in [1.29, 1.82) is 0 Å². The maximum atomic E-state index is 12.7. The van der Waals surface area contributed by atoms with Crippen LogP contribution in [-0.2, 0) is 0 Å². The Bertz CT molecular complexity index is 770. The van der Waals surface area contributed by atoms with Crippen LogP contribution in [-0.4, -0.2) is 27.1 Å². The summed E-state index contributed by atoms with van der Waals surface area (Å²) in [5, 5.41) is 0. The van der Waals surface area contributed by atoms with E-state index in [4.69, 9.17) is 18.9 Å². The Balaban J connectivity index is 2.03. The summed E-state index contributed by atoms with van der Waals surface area (Å²) in [5.74, 6) is 2.37. The smallest absolute Gasteiger partial charge is 0.174 e. The van der Waals surface area contributed by atoms with Crippen molar-refractivity contribution in [2.45, 2.75) is 12.5 Å². The van der Waals surface area contributed by atoms with Crippen LogP contribution in [0.25, 0.3) is 0 Å². The molecule has 1 unspecified atom stereocenters. The third kappa shape index (κ3) is 2.90. The second kappa shape index (κ2) is 6.88. The van der Waals surface area contributed by atoms with Gasteiger partial charge in [0.15, 0.2) is 11.5 Å². The highest BCUT2D eigenvalue weighted by Crippen LogP contribution is 2.46. The first-order chi connectivity index (χ1) is 11.6. The van der Waals surface area contributed by atoms with Gasteiger partial charge in [0.05, 0.1) is 31.3 Å². The summed E-state index contributed by atoms with van der Waals surface area (Å²) < 4.78 is 22.8. The highest BCUT2D eigenvalue weighted by molar-refractivity contribution is 14.1. The van der Waals surface area contributed by atoms with Crippen LogP contribution in [0.3, 0.4) is 0 Å². The first kappa shape index (κ1) is 16.9. The normalized spacial score (nSPS) is 16.2. The Morgan fingerprint density at radius 3 is 2.29 bits per heavy atom. The van der Waals surface area contributed by atoms with Crippen molar-refractivity contribution in [3.63, 3.8) is 0 Å². The number of carbonyl (C=O) groups is 1. The average molecular weight is 440 g/mol. The van der Waals surface area contributed by atoms with Crippen LogP contribution in [0.5, 0.6) is 23.0 Å². The number of fused-ring (bicyclic) bond motifs is 1. The predicted octanol–water partition coefficient (Wildman–Crippen LogP) is 4.02. The highest BCUT2D eigenvalue weighted by atomic mass is 127. The molecule has 1 aliphatic heterocycles. The van der Waals surface area contributed by atoms with Gasteiger partial charge in [-0.2, -0.15) is 0 Å². The van der Waals surface area contributed by atoms with Crippen LogP contribution in [0, 0.1) is 3.57 Å². The zero-order chi connectivity index (χ0) is 17.3. The Morgan fingerprint density at radius 2 is 1.71 bits per heavy atom. The third-order valence-electron chi connectivity index (χ3n) is 3.99. The molecular weight excluding hydrogens is 423 g/mol. The number of ether oxygens (including phenoxy) is 4. The van der Waals surface area contributed by atoms with Crippen LogP contribution in [0.4, 0.5) is 0 Å². The number of rotatable bonds is 4. The SMILES string of the molecule is COc1ccc(C2CC(=O)c3c(OC)cc(OC)c(I)c3O2)cc1. The number of methoxy groups -OCH3 is 3. The molecule has 0 fully saturated rings. The van der Waals surface area contributed by atoms with Gasteiger partial charge in [-0.1, -0.05) is 12.1 Å². The molecule has 2 aromatic carbocycles. The molecule has 0 aromatic heterocycles. The van der Waals surface area contributed by atoms with E-state index in [1.165, 1.54) is 7.11 Å². The fourth-order valence-corrected chi connectivity index (χ4v) is 3.50. The first-order valence-corrected chi connectivity index (χ1v) is 8.45. The fourth-order valence-electron chi connectivity index (χ4n) is 2.73. The quantitative estimate of drug-likeness (QED) is 0.673. The fraction of sp³-hybridized carbons (Fsp3) is 0.278. The van der Waals surface area contributed by atoms with Gasteiger partial charge in [0.2, 0.25) is 0 Å². The summed E-state index contributed by atoms with van der Waals surface area (Å²) in [6, 6.07) is 9.25. The number of halogens is 1. The van der Waals surface area contributed by atoms with Crippen molar-refractivity contribution < 1.29 is 23.7 Å². The Labute approximate surface area is 154 Å². The summed E-state index contributed by atoms with van der Waals surface area (Å²) in [6.45, 7) is 0. The zero-order valence-electron chi connectivity index (χ0n) is 13.6. The second-order valence-corrected chi connectivity index (χ2v) is 6.38. The molecule has 5 nitrogen and oxygen atoms in total. The van der Waals surface area contributed by atoms with Gasteiger partial charge in [-0.3, -0.25) is 4.79 Å². The summed E-state index contributed by atoms with van der Waals surface area (Å²) in [6.07, 6.45) is -0.0841. The molecule has 126 valence electrons. The number of Topliss-reactive ketones (excluding diaryl/α,β-unsaturated/α-hetero) is 1. The zero-order valence-corrected chi connectivity index (χ0v) is 15.7. The molecule has 0 bridgehead atoms. The van der Waals surface area contributed by atoms with E-state index in [0.717, 1.165) is 14.9 Å². The van der Waals surface area contributed by atoms with Crippen LogP contribution in [0.15, 0.2) is 30.3 Å². The number of hydrogen-bond donors (Lipinski definition) is 0. The lowest BCUT2D eigenvalue weighted by molar-refractivity contribution is 0.0842. The summed E-state index contributed by atoms with van der Waals surface area (Å²) in [7, 11) is 4.73. The second-order valence-electron chi connectivity index (χ2n) is 5.31. The Kier molecular flexibility index (Phi) is 4.84. The minimum absolute atomic E-state index is 0.00510. The number of benzene rings is 2. The molecule has 0 N–H and O–H groups in total. The van der Waals surface area contributed by atoms with Gasteiger partial charge in [0.25, 0.3) is 0 Å². The lowest BCUT2D eigenvalue weighted by Gasteiger charge is -2.28. The molecular formula is C18H17IO5. The lowest BCUT2D eigenvalue weighted by Crippen LogP contribution is -2.22. The van der Waals surface area contributed by atoms with Gasteiger partial charge in [0, 0.05) is 6.07 Å². The molecule has 1 atom stereocenters. The Hall–Kier alpha value is -1.96. The van der Waals surface area contributed by atoms with Crippen molar-refractivity contribution in [2.24, 2.45) is 0 Å². The third-order valence-corrected chi connectivity index (χ3v) is 5.01. The Morgan fingerprint density at radius 1 is 1.04 bits per heavy atom. The van der Waals surface area contributed by atoms with Crippen molar-refractivity contribution in [3.8, 4) is 23.0 Å². The van der Waals surface area contributed by atoms with E-state index in [9.17, 15) is 4.79 Å². The van der Waals surface area contributed by atoms with Crippen molar-refractivity contribution >= 4 is 28.4 Å².